The van der Waals surface area contributed by atoms with Crippen molar-refractivity contribution in [3.8, 4) is 0 Å². The molecule has 1 atom stereocenters. The molecule has 5 rings (SSSR count). The number of hydrogen-bond donors (Lipinski definition) is 1. The lowest BCUT2D eigenvalue weighted by Crippen LogP contribution is -2.50. The number of benzene rings is 3. The van der Waals surface area contributed by atoms with Crippen molar-refractivity contribution in [2.45, 2.75) is 4.87 Å². The third-order valence-corrected chi connectivity index (χ3v) is 7.11. The molecule has 2 heterocycles. The molecule has 0 saturated carbocycles. The van der Waals surface area contributed by atoms with Crippen LogP contribution < -0.4 is 15.1 Å². The maximum Gasteiger partial charge on any atom is 0.269 e. The summed E-state index contributed by atoms with van der Waals surface area (Å²) >= 11 is 7.29. The number of carbonyl (C=O) groups is 3. The number of thioether (sulfide) groups is 1. The van der Waals surface area contributed by atoms with Crippen LogP contribution in [0.15, 0.2) is 78.9 Å². The van der Waals surface area contributed by atoms with Crippen LogP contribution in [0.4, 0.5) is 17.1 Å². The van der Waals surface area contributed by atoms with E-state index in [1.54, 1.807) is 35.2 Å². The average Bonchev–Trinajstić information content (AvgIpc) is 3.25. The highest BCUT2D eigenvalue weighted by Crippen LogP contribution is 2.55. The van der Waals surface area contributed by atoms with Crippen LogP contribution in [0.25, 0.3) is 0 Å². The minimum atomic E-state index is -1.23. The molecule has 0 radical (unpaired) electrons. The number of anilines is 3. The predicted molar refractivity (Wildman–Crippen MR) is 127 cm³/mol. The quantitative estimate of drug-likeness (QED) is 0.627. The van der Waals surface area contributed by atoms with Crippen molar-refractivity contribution in [1.29, 1.82) is 0 Å². The first-order chi connectivity index (χ1) is 15.5. The van der Waals surface area contributed by atoms with Gasteiger partial charge in [-0.1, -0.05) is 54.1 Å². The van der Waals surface area contributed by atoms with Crippen molar-refractivity contribution in [2.24, 2.45) is 0 Å². The molecule has 3 aromatic rings. The standard InChI is InChI=1S/C24H18ClN3O3S/c25-16-7-6-8-17(13-16)26-21(29)14-27-20-12-5-4-11-19(20)24(23(27)31)28(22(30)15-32-24)18-9-2-1-3-10-18/h1-13H,14-15H2,(H,26,29). The molecule has 1 N–H and O–H groups in total. The normalized spacial score (nSPS) is 19.5. The summed E-state index contributed by atoms with van der Waals surface area (Å²) in [6.07, 6.45) is 0. The number of hydrogen-bond acceptors (Lipinski definition) is 4. The molecule has 8 heteroatoms. The van der Waals surface area contributed by atoms with Crippen molar-refractivity contribution in [1.82, 2.24) is 0 Å². The van der Waals surface area contributed by atoms with E-state index in [-0.39, 0.29) is 30.0 Å². The maximum atomic E-state index is 13.9. The topological polar surface area (TPSA) is 69.7 Å². The molecule has 3 aromatic carbocycles. The molecule has 2 aliphatic rings. The Kier molecular flexibility index (Phi) is 5.15. The smallest absolute Gasteiger partial charge is 0.269 e. The second kappa shape index (κ2) is 8.00. The largest absolute Gasteiger partial charge is 0.324 e. The average molecular weight is 464 g/mol. The third kappa shape index (κ3) is 3.25. The molecule has 32 heavy (non-hydrogen) atoms. The van der Waals surface area contributed by atoms with Gasteiger partial charge >= 0.3 is 0 Å². The molecule has 1 unspecified atom stereocenters. The minimum Gasteiger partial charge on any atom is -0.324 e. The Hall–Kier alpha value is -3.29. The summed E-state index contributed by atoms with van der Waals surface area (Å²) in [5.74, 6) is -0.625. The van der Waals surface area contributed by atoms with Crippen LogP contribution in [0.2, 0.25) is 5.02 Å². The number of amides is 3. The lowest BCUT2D eigenvalue weighted by molar-refractivity contribution is -0.124. The molecule has 0 bridgehead atoms. The molecular formula is C24H18ClN3O3S. The van der Waals surface area contributed by atoms with Gasteiger partial charge in [0.2, 0.25) is 16.7 Å². The molecular weight excluding hydrogens is 446 g/mol. The molecule has 160 valence electrons. The highest BCUT2D eigenvalue weighted by Gasteiger charge is 2.61. The second-order valence-electron chi connectivity index (χ2n) is 7.46. The fourth-order valence-electron chi connectivity index (χ4n) is 4.20. The number of halogens is 1. The maximum absolute atomic E-state index is 13.9. The Morgan fingerprint density at radius 2 is 1.75 bits per heavy atom. The monoisotopic (exact) mass is 463 g/mol. The van der Waals surface area contributed by atoms with Gasteiger partial charge in [0.1, 0.15) is 6.54 Å². The molecule has 0 aliphatic carbocycles. The summed E-state index contributed by atoms with van der Waals surface area (Å²) < 4.78 is 0. The van der Waals surface area contributed by atoms with Crippen LogP contribution in [0.3, 0.4) is 0 Å². The summed E-state index contributed by atoms with van der Waals surface area (Å²) in [7, 11) is 0. The van der Waals surface area contributed by atoms with E-state index in [9.17, 15) is 14.4 Å². The van der Waals surface area contributed by atoms with Crippen LogP contribution in [0.5, 0.6) is 0 Å². The molecule has 1 saturated heterocycles. The van der Waals surface area contributed by atoms with Gasteiger partial charge in [-0.2, -0.15) is 0 Å². The summed E-state index contributed by atoms with van der Waals surface area (Å²) in [4.78, 5) is 41.4. The van der Waals surface area contributed by atoms with Gasteiger partial charge in [-0.15, -0.1) is 11.8 Å². The number of nitrogens with one attached hydrogen (secondary N) is 1. The van der Waals surface area contributed by atoms with Gasteiger partial charge in [0.25, 0.3) is 5.91 Å². The Labute approximate surface area is 194 Å². The zero-order chi connectivity index (χ0) is 22.3. The van der Waals surface area contributed by atoms with Crippen LogP contribution in [-0.4, -0.2) is 30.0 Å². The SMILES string of the molecule is O=C(CN1C(=O)C2(SCC(=O)N2c2ccccc2)c2ccccc21)Nc1cccc(Cl)c1. The third-order valence-electron chi connectivity index (χ3n) is 5.49. The zero-order valence-electron chi connectivity index (χ0n) is 16.8. The predicted octanol–water partition coefficient (Wildman–Crippen LogP) is 4.26. The fourth-order valence-corrected chi connectivity index (χ4v) is 5.75. The summed E-state index contributed by atoms with van der Waals surface area (Å²) in [5.41, 5.74) is 2.53. The van der Waals surface area contributed by atoms with Crippen molar-refractivity contribution < 1.29 is 14.4 Å². The molecule has 1 spiro atoms. The Morgan fingerprint density at radius 3 is 2.53 bits per heavy atom. The van der Waals surface area contributed by atoms with E-state index in [1.807, 2.05) is 48.5 Å². The first-order valence-corrected chi connectivity index (χ1v) is 11.4. The van der Waals surface area contributed by atoms with Gasteiger partial charge in [0.05, 0.1) is 11.4 Å². The number of rotatable bonds is 4. The van der Waals surface area contributed by atoms with Crippen LogP contribution >= 0.6 is 23.4 Å². The number of nitrogens with zero attached hydrogens (tertiary/aromatic N) is 2. The van der Waals surface area contributed by atoms with Crippen molar-refractivity contribution in [3.63, 3.8) is 0 Å². The fraction of sp³-hybridized carbons (Fsp3) is 0.125. The Balaban J connectivity index is 1.51. The Morgan fingerprint density at radius 1 is 1.00 bits per heavy atom. The van der Waals surface area contributed by atoms with E-state index in [0.717, 1.165) is 0 Å². The van der Waals surface area contributed by atoms with Gasteiger partial charge < -0.3 is 5.32 Å². The highest BCUT2D eigenvalue weighted by atomic mass is 35.5. The number of para-hydroxylation sites is 2. The second-order valence-corrected chi connectivity index (χ2v) is 9.07. The van der Waals surface area contributed by atoms with Crippen molar-refractivity contribution in [2.75, 3.05) is 27.4 Å². The molecule has 1 fully saturated rings. The molecule has 2 aliphatic heterocycles. The van der Waals surface area contributed by atoms with Gasteiger partial charge in [-0.3, -0.25) is 24.2 Å². The summed E-state index contributed by atoms with van der Waals surface area (Å²) in [6.45, 7) is -0.179. The van der Waals surface area contributed by atoms with Gasteiger partial charge in [-0.05, 0) is 36.4 Å². The lowest BCUT2D eigenvalue weighted by Gasteiger charge is -2.33. The first kappa shape index (κ1) is 20.6. The first-order valence-electron chi connectivity index (χ1n) is 9.99. The highest BCUT2D eigenvalue weighted by molar-refractivity contribution is 8.02. The van der Waals surface area contributed by atoms with E-state index in [4.69, 9.17) is 11.6 Å². The van der Waals surface area contributed by atoms with Crippen molar-refractivity contribution >= 4 is 58.1 Å². The molecule has 6 nitrogen and oxygen atoms in total. The number of carbonyl (C=O) groups excluding carboxylic acids is 3. The van der Waals surface area contributed by atoms with Crippen LogP contribution in [0.1, 0.15) is 5.56 Å². The minimum absolute atomic E-state index is 0.144. The number of fused-ring (bicyclic) bond motifs is 2. The van der Waals surface area contributed by atoms with Gasteiger partial charge in [0, 0.05) is 22.0 Å². The van der Waals surface area contributed by atoms with E-state index in [2.05, 4.69) is 5.32 Å². The van der Waals surface area contributed by atoms with E-state index in [0.29, 0.717) is 27.6 Å². The van der Waals surface area contributed by atoms with Crippen LogP contribution in [-0.2, 0) is 19.3 Å². The van der Waals surface area contributed by atoms with Crippen molar-refractivity contribution in [3.05, 3.63) is 89.4 Å². The summed E-state index contributed by atoms with van der Waals surface area (Å²) in [5, 5.41) is 3.29. The van der Waals surface area contributed by atoms with E-state index in [1.165, 1.54) is 16.7 Å². The Bertz CT molecular complexity index is 1240. The molecule has 3 amide bonds. The van der Waals surface area contributed by atoms with Gasteiger partial charge in [0.15, 0.2) is 0 Å². The summed E-state index contributed by atoms with van der Waals surface area (Å²) in [6, 6.07) is 23.3. The lowest BCUT2D eigenvalue weighted by atomic mass is 10.0. The van der Waals surface area contributed by atoms with Crippen LogP contribution in [0, 0.1) is 0 Å². The van der Waals surface area contributed by atoms with E-state index >= 15 is 0 Å². The molecule has 0 aromatic heterocycles. The zero-order valence-corrected chi connectivity index (χ0v) is 18.4. The van der Waals surface area contributed by atoms with Gasteiger partial charge in [-0.25, -0.2) is 0 Å². The van der Waals surface area contributed by atoms with E-state index < -0.39 is 4.87 Å².